The maximum absolute atomic E-state index is 8.91. The molecule has 124 valence electrons. The molecule has 1 aliphatic carbocycles. The molecule has 5 heteroatoms. The Hall–Kier alpha value is -2.37. The average molecular weight is 323 g/mol. The summed E-state index contributed by atoms with van der Waals surface area (Å²) in [6, 6.07) is 6.17. The molecule has 24 heavy (non-hydrogen) atoms. The first kappa shape index (κ1) is 15.2. The van der Waals surface area contributed by atoms with Crippen LogP contribution in [0.15, 0.2) is 36.7 Å². The third-order valence-electron chi connectivity index (χ3n) is 4.53. The van der Waals surface area contributed by atoms with Gasteiger partial charge in [-0.25, -0.2) is 4.98 Å². The molecule has 3 heterocycles. The van der Waals surface area contributed by atoms with Crippen molar-refractivity contribution in [1.82, 2.24) is 14.5 Å². The van der Waals surface area contributed by atoms with Crippen LogP contribution in [0.1, 0.15) is 17.7 Å². The van der Waals surface area contributed by atoms with Crippen LogP contribution < -0.4 is 0 Å². The number of aliphatic hydroxyl groups excluding tert-OH is 1. The topological polar surface area (TPSA) is 63.1 Å². The van der Waals surface area contributed by atoms with Crippen molar-refractivity contribution in [1.29, 1.82) is 0 Å². The fraction of sp³-hybridized carbons (Fsp3) is 0.316. The van der Waals surface area contributed by atoms with Crippen LogP contribution in [-0.4, -0.2) is 39.0 Å². The third-order valence-corrected chi connectivity index (χ3v) is 4.53. The molecule has 0 saturated carbocycles. The maximum Gasteiger partial charge on any atom is 0.137 e. The summed E-state index contributed by atoms with van der Waals surface area (Å²) in [5.41, 5.74) is 5.71. The lowest BCUT2D eigenvalue weighted by atomic mass is 9.97. The number of H-pyrrole nitrogens is 1. The van der Waals surface area contributed by atoms with Crippen molar-refractivity contribution in [3.8, 4) is 11.3 Å². The van der Waals surface area contributed by atoms with Crippen LogP contribution in [0.4, 0.5) is 0 Å². The predicted octanol–water partition coefficient (Wildman–Crippen LogP) is 2.91. The number of aromatic amines is 1. The summed E-state index contributed by atoms with van der Waals surface area (Å²) in [6.45, 7) is 0.750. The van der Waals surface area contributed by atoms with Crippen LogP contribution >= 0.6 is 0 Å². The number of hydrogen-bond acceptors (Lipinski definition) is 3. The number of nitrogens with zero attached hydrogens (tertiary/aromatic N) is 2. The van der Waals surface area contributed by atoms with Gasteiger partial charge in [0.05, 0.1) is 6.10 Å². The molecule has 0 aliphatic heterocycles. The summed E-state index contributed by atoms with van der Waals surface area (Å²) >= 11 is 0. The molecule has 0 amide bonds. The number of nitrogens with one attached hydrogen (secondary N) is 1. The summed E-state index contributed by atoms with van der Waals surface area (Å²) < 4.78 is 8.02. The molecule has 1 atom stereocenters. The largest absolute Gasteiger partial charge is 0.396 e. The lowest BCUT2D eigenvalue weighted by Crippen LogP contribution is -2.18. The standard InChI is InChI=1S/C19H21N3O2/c1-22-12-16(17-10-13-4-2-7-20-19(13)21-17)15-11-14(5-6-18(15)22)24-9-3-8-23/h2,4-7,10,12,14,23H,3,8-9,11H2,1H3,(H,20,21). The summed E-state index contributed by atoms with van der Waals surface area (Å²) in [7, 11) is 2.07. The minimum Gasteiger partial charge on any atom is -0.396 e. The number of rotatable bonds is 5. The zero-order valence-corrected chi connectivity index (χ0v) is 13.7. The molecule has 0 bridgehead atoms. The number of aromatic nitrogens is 3. The fourth-order valence-corrected chi connectivity index (χ4v) is 3.34. The average Bonchev–Trinajstić information content (AvgIpc) is 3.16. The minimum absolute atomic E-state index is 0.0627. The summed E-state index contributed by atoms with van der Waals surface area (Å²) in [5.74, 6) is 0. The first-order valence-electron chi connectivity index (χ1n) is 8.29. The molecule has 3 aromatic rings. The van der Waals surface area contributed by atoms with Crippen molar-refractivity contribution in [2.24, 2.45) is 7.05 Å². The Kier molecular flexibility index (Phi) is 3.96. The Morgan fingerprint density at radius 3 is 3.21 bits per heavy atom. The van der Waals surface area contributed by atoms with Gasteiger partial charge in [-0.3, -0.25) is 0 Å². The predicted molar refractivity (Wildman–Crippen MR) is 94.7 cm³/mol. The second-order valence-corrected chi connectivity index (χ2v) is 6.19. The molecule has 1 aliphatic rings. The van der Waals surface area contributed by atoms with E-state index in [0.717, 1.165) is 23.1 Å². The monoisotopic (exact) mass is 323 g/mol. The van der Waals surface area contributed by atoms with Crippen molar-refractivity contribution in [2.45, 2.75) is 18.9 Å². The summed E-state index contributed by atoms with van der Waals surface area (Å²) in [6.07, 6.45) is 9.78. The number of aliphatic hydroxyl groups is 1. The molecule has 0 spiro atoms. The molecule has 2 N–H and O–H groups in total. The van der Waals surface area contributed by atoms with E-state index in [1.807, 2.05) is 6.07 Å². The highest BCUT2D eigenvalue weighted by Gasteiger charge is 2.22. The SMILES string of the molecule is Cn1cc(-c2cc3cccnc3[nH]2)c2c1C=CC(OCCCO)C2. The summed E-state index contributed by atoms with van der Waals surface area (Å²) in [5, 5.41) is 10.0. The normalized spacial score (nSPS) is 16.7. The molecule has 0 fully saturated rings. The Labute approximate surface area is 140 Å². The van der Waals surface area contributed by atoms with Crippen molar-refractivity contribution < 1.29 is 9.84 Å². The molecule has 0 aromatic carbocycles. The van der Waals surface area contributed by atoms with Gasteiger partial charge < -0.3 is 19.4 Å². The van der Waals surface area contributed by atoms with Crippen molar-refractivity contribution >= 4 is 17.1 Å². The van der Waals surface area contributed by atoms with E-state index in [4.69, 9.17) is 9.84 Å². The van der Waals surface area contributed by atoms with Gasteiger partial charge in [-0.05, 0) is 36.3 Å². The molecular weight excluding hydrogens is 302 g/mol. The van der Waals surface area contributed by atoms with Gasteiger partial charge in [0.1, 0.15) is 5.65 Å². The number of pyridine rings is 1. The Morgan fingerprint density at radius 2 is 2.38 bits per heavy atom. The number of fused-ring (bicyclic) bond motifs is 2. The number of aryl methyl sites for hydroxylation is 1. The van der Waals surface area contributed by atoms with Gasteiger partial charge in [0, 0.05) is 61.4 Å². The molecule has 0 radical (unpaired) electrons. The van der Waals surface area contributed by atoms with Gasteiger partial charge in [-0.2, -0.15) is 0 Å². The second-order valence-electron chi connectivity index (χ2n) is 6.19. The van der Waals surface area contributed by atoms with E-state index in [1.165, 1.54) is 16.8 Å². The van der Waals surface area contributed by atoms with E-state index >= 15 is 0 Å². The molecule has 3 aromatic heterocycles. The molecule has 4 rings (SSSR count). The van der Waals surface area contributed by atoms with E-state index in [0.29, 0.717) is 13.0 Å². The van der Waals surface area contributed by atoms with E-state index in [1.54, 1.807) is 6.20 Å². The van der Waals surface area contributed by atoms with Crippen LogP contribution in [0.2, 0.25) is 0 Å². The Bertz CT molecular complexity index is 858. The van der Waals surface area contributed by atoms with Crippen LogP contribution in [-0.2, 0) is 18.2 Å². The van der Waals surface area contributed by atoms with Gasteiger partial charge in [0.2, 0.25) is 0 Å². The van der Waals surface area contributed by atoms with Crippen molar-refractivity contribution in [3.63, 3.8) is 0 Å². The fourth-order valence-electron chi connectivity index (χ4n) is 3.34. The summed E-state index contributed by atoms with van der Waals surface area (Å²) in [4.78, 5) is 7.81. The Balaban J connectivity index is 1.68. The zero-order chi connectivity index (χ0) is 16.5. The maximum atomic E-state index is 8.91. The smallest absolute Gasteiger partial charge is 0.137 e. The van der Waals surface area contributed by atoms with Crippen LogP contribution in [0.3, 0.4) is 0 Å². The van der Waals surface area contributed by atoms with Gasteiger partial charge >= 0.3 is 0 Å². The first-order chi connectivity index (χ1) is 11.8. The Morgan fingerprint density at radius 1 is 1.46 bits per heavy atom. The zero-order valence-electron chi connectivity index (χ0n) is 13.7. The third kappa shape index (κ3) is 2.66. The quantitative estimate of drug-likeness (QED) is 0.710. The van der Waals surface area contributed by atoms with Crippen LogP contribution in [0, 0.1) is 0 Å². The van der Waals surface area contributed by atoms with Gasteiger partial charge in [-0.1, -0.05) is 6.08 Å². The number of hydrogen-bond donors (Lipinski definition) is 2. The van der Waals surface area contributed by atoms with Crippen LogP contribution in [0.5, 0.6) is 0 Å². The van der Waals surface area contributed by atoms with Crippen molar-refractivity contribution in [2.75, 3.05) is 13.2 Å². The lowest BCUT2D eigenvalue weighted by Gasteiger charge is -2.19. The van der Waals surface area contributed by atoms with Gasteiger partial charge in [0.15, 0.2) is 0 Å². The highest BCUT2D eigenvalue weighted by atomic mass is 16.5. The first-order valence-corrected chi connectivity index (χ1v) is 8.29. The second kappa shape index (κ2) is 6.26. The van der Waals surface area contributed by atoms with Gasteiger partial charge in [-0.15, -0.1) is 0 Å². The van der Waals surface area contributed by atoms with E-state index in [9.17, 15) is 0 Å². The van der Waals surface area contributed by atoms with Crippen LogP contribution in [0.25, 0.3) is 28.4 Å². The minimum atomic E-state index is 0.0627. The molecule has 1 unspecified atom stereocenters. The highest BCUT2D eigenvalue weighted by Crippen LogP contribution is 2.33. The van der Waals surface area contributed by atoms with E-state index in [-0.39, 0.29) is 12.7 Å². The highest BCUT2D eigenvalue weighted by molar-refractivity contribution is 5.84. The lowest BCUT2D eigenvalue weighted by molar-refractivity contribution is 0.0731. The van der Waals surface area contributed by atoms with E-state index < -0.39 is 0 Å². The number of ether oxygens (including phenoxy) is 1. The molecular formula is C19H21N3O2. The van der Waals surface area contributed by atoms with Gasteiger partial charge in [0.25, 0.3) is 0 Å². The van der Waals surface area contributed by atoms with Crippen molar-refractivity contribution in [3.05, 3.63) is 47.9 Å². The van der Waals surface area contributed by atoms with E-state index in [2.05, 4.69) is 52.1 Å². The molecule has 0 saturated heterocycles. The molecule has 5 nitrogen and oxygen atoms in total.